The molecule has 0 radical (unpaired) electrons. The average molecular weight is 121 g/mol. The van der Waals surface area contributed by atoms with Gasteiger partial charge in [-0.3, -0.25) is 0 Å². The molecule has 0 N–H and O–H groups in total. The summed E-state index contributed by atoms with van der Waals surface area (Å²) in [6.45, 7) is 7.55. The molecule has 0 amide bonds. The highest BCUT2D eigenvalue weighted by Crippen LogP contribution is 2.00. The molecule has 0 rings (SSSR count). The Morgan fingerprint density at radius 3 is 2.33 bits per heavy atom. The smallest absolute Gasteiger partial charge is 0.0988 e. The Bertz CT molecular complexity index is 158. The number of allylic oxidation sites excluding steroid dienone is 3. The van der Waals surface area contributed by atoms with Crippen LogP contribution in [0.25, 0.3) is 0 Å². The maximum absolute atomic E-state index is 8.39. The third kappa shape index (κ3) is 3.54. The number of rotatable bonds is 2. The van der Waals surface area contributed by atoms with E-state index in [0.29, 0.717) is 11.5 Å². The lowest BCUT2D eigenvalue weighted by atomic mass is 10.1. The van der Waals surface area contributed by atoms with Crippen LogP contribution >= 0.6 is 0 Å². The van der Waals surface area contributed by atoms with E-state index < -0.39 is 0 Å². The Labute approximate surface area is 56.3 Å². The Morgan fingerprint density at radius 1 is 1.67 bits per heavy atom. The van der Waals surface area contributed by atoms with Crippen LogP contribution in [0, 0.1) is 17.2 Å². The fourth-order valence-electron chi connectivity index (χ4n) is 0.510. The quantitative estimate of drug-likeness (QED) is 0.406. The molecule has 0 heterocycles. The van der Waals surface area contributed by atoms with E-state index in [1.165, 1.54) is 0 Å². The molecular formula is C8H11N. The molecule has 9 heavy (non-hydrogen) atoms. The van der Waals surface area contributed by atoms with Crippen LogP contribution < -0.4 is 0 Å². The summed E-state index contributed by atoms with van der Waals surface area (Å²) >= 11 is 0. The highest BCUT2D eigenvalue weighted by molar-refractivity contribution is 5.31. The first-order valence-corrected chi connectivity index (χ1v) is 2.95. The van der Waals surface area contributed by atoms with Gasteiger partial charge < -0.3 is 0 Å². The van der Waals surface area contributed by atoms with Crippen LogP contribution in [0.2, 0.25) is 0 Å². The Balaban J connectivity index is 4.12. The molecule has 0 aromatic heterocycles. The molecule has 0 unspecified atom stereocenters. The van der Waals surface area contributed by atoms with Crippen LogP contribution in [-0.4, -0.2) is 0 Å². The first kappa shape index (κ1) is 7.97. The van der Waals surface area contributed by atoms with Gasteiger partial charge >= 0.3 is 0 Å². The number of nitriles is 1. The lowest BCUT2D eigenvalue weighted by Gasteiger charge is -1.92. The summed E-state index contributed by atoms with van der Waals surface area (Å²) in [5.41, 5.74) is 0.657. The minimum Gasteiger partial charge on any atom is -0.192 e. The van der Waals surface area contributed by atoms with E-state index in [1.807, 2.05) is 26.0 Å². The van der Waals surface area contributed by atoms with Gasteiger partial charge in [-0.1, -0.05) is 32.6 Å². The monoisotopic (exact) mass is 121 g/mol. The maximum Gasteiger partial charge on any atom is 0.0988 e. The van der Waals surface area contributed by atoms with Crippen molar-refractivity contribution in [3.05, 3.63) is 24.3 Å². The van der Waals surface area contributed by atoms with Gasteiger partial charge in [-0.05, 0) is 5.92 Å². The van der Waals surface area contributed by atoms with Crippen LogP contribution in [0.15, 0.2) is 24.3 Å². The van der Waals surface area contributed by atoms with E-state index in [1.54, 1.807) is 6.08 Å². The van der Waals surface area contributed by atoms with Crippen LogP contribution in [0.4, 0.5) is 0 Å². The molecule has 0 aromatic rings. The van der Waals surface area contributed by atoms with Crippen molar-refractivity contribution >= 4 is 0 Å². The van der Waals surface area contributed by atoms with Crippen LogP contribution in [0.3, 0.4) is 0 Å². The van der Waals surface area contributed by atoms with Gasteiger partial charge in [0, 0.05) is 5.57 Å². The molecule has 0 aliphatic carbocycles. The second-order valence-corrected chi connectivity index (χ2v) is 2.18. The minimum atomic E-state index is 0.428. The zero-order chi connectivity index (χ0) is 7.28. The summed E-state index contributed by atoms with van der Waals surface area (Å²) in [5, 5.41) is 8.39. The van der Waals surface area contributed by atoms with Crippen molar-refractivity contribution in [2.45, 2.75) is 13.8 Å². The van der Waals surface area contributed by atoms with Crippen molar-refractivity contribution < 1.29 is 0 Å². The average Bonchev–Trinajstić information content (AvgIpc) is 1.82. The number of hydrogen-bond donors (Lipinski definition) is 0. The third-order valence-corrected chi connectivity index (χ3v) is 0.862. The SMILES string of the molecule is C=C/C(C#N)=C/C(C)C. The summed E-state index contributed by atoms with van der Waals surface area (Å²) in [7, 11) is 0. The fraction of sp³-hybridized carbons (Fsp3) is 0.375. The molecule has 0 saturated heterocycles. The van der Waals surface area contributed by atoms with Gasteiger partial charge in [-0.15, -0.1) is 0 Å². The number of nitrogens with zero attached hydrogens (tertiary/aromatic N) is 1. The summed E-state index contributed by atoms with van der Waals surface area (Å²) in [4.78, 5) is 0. The molecule has 0 fully saturated rings. The van der Waals surface area contributed by atoms with Gasteiger partial charge in [0.15, 0.2) is 0 Å². The van der Waals surface area contributed by atoms with Gasteiger partial charge in [0.25, 0.3) is 0 Å². The lowest BCUT2D eigenvalue weighted by Crippen LogP contribution is -1.80. The Morgan fingerprint density at radius 2 is 2.22 bits per heavy atom. The molecule has 0 spiro atoms. The molecule has 1 nitrogen and oxygen atoms in total. The second kappa shape index (κ2) is 3.91. The van der Waals surface area contributed by atoms with Crippen LogP contribution in [-0.2, 0) is 0 Å². The third-order valence-electron chi connectivity index (χ3n) is 0.862. The largest absolute Gasteiger partial charge is 0.192 e. The summed E-state index contributed by atoms with van der Waals surface area (Å²) < 4.78 is 0. The van der Waals surface area contributed by atoms with Crippen molar-refractivity contribution in [3.63, 3.8) is 0 Å². The summed E-state index contributed by atoms with van der Waals surface area (Å²) in [6, 6.07) is 2.03. The molecule has 0 aromatic carbocycles. The van der Waals surface area contributed by atoms with Gasteiger partial charge in [0.2, 0.25) is 0 Å². The van der Waals surface area contributed by atoms with Crippen LogP contribution in [0.1, 0.15) is 13.8 Å². The van der Waals surface area contributed by atoms with Crippen molar-refractivity contribution in [3.8, 4) is 6.07 Å². The van der Waals surface area contributed by atoms with Gasteiger partial charge in [-0.2, -0.15) is 5.26 Å². The number of hydrogen-bond acceptors (Lipinski definition) is 1. The summed E-state index contributed by atoms with van der Waals surface area (Å²) in [5.74, 6) is 0.428. The van der Waals surface area contributed by atoms with Crippen molar-refractivity contribution in [1.29, 1.82) is 5.26 Å². The highest BCUT2D eigenvalue weighted by Gasteiger charge is 1.89. The Hall–Kier alpha value is -1.03. The predicted octanol–water partition coefficient (Wildman–Crippen LogP) is 2.28. The van der Waals surface area contributed by atoms with E-state index in [0.717, 1.165) is 0 Å². The van der Waals surface area contributed by atoms with E-state index >= 15 is 0 Å². The minimum absolute atomic E-state index is 0.428. The molecule has 0 atom stereocenters. The normalized spacial score (nSPS) is 11.1. The van der Waals surface area contributed by atoms with Gasteiger partial charge in [0.05, 0.1) is 6.07 Å². The molecular weight excluding hydrogens is 110 g/mol. The van der Waals surface area contributed by atoms with E-state index in [-0.39, 0.29) is 0 Å². The first-order valence-electron chi connectivity index (χ1n) is 2.95. The van der Waals surface area contributed by atoms with E-state index in [4.69, 9.17) is 5.26 Å². The zero-order valence-corrected chi connectivity index (χ0v) is 5.89. The topological polar surface area (TPSA) is 23.8 Å². The van der Waals surface area contributed by atoms with Gasteiger partial charge in [0.1, 0.15) is 0 Å². The molecule has 0 saturated carbocycles. The standard InChI is InChI=1S/C8H11N/c1-4-8(6-9)5-7(2)3/h4-5,7H,1H2,2-3H3/b8-5-. The molecule has 1 heteroatoms. The predicted molar refractivity (Wildman–Crippen MR) is 38.7 cm³/mol. The van der Waals surface area contributed by atoms with Crippen molar-refractivity contribution in [1.82, 2.24) is 0 Å². The molecule has 48 valence electrons. The zero-order valence-electron chi connectivity index (χ0n) is 5.89. The van der Waals surface area contributed by atoms with Crippen molar-refractivity contribution in [2.75, 3.05) is 0 Å². The highest BCUT2D eigenvalue weighted by atomic mass is 14.2. The van der Waals surface area contributed by atoms with Crippen molar-refractivity contribution in [2.24, 2.45) is 5.92 Å². The Kier molecular flexibility index (Phi) is 3.46. The fourth-order valence-corrected chi connectivity index (χ4v) is 0.510. The van der Waals surface area contributed by atoms with Crippen LogP contribution in [0.5, 0.6) is 0 Å². The summed E-state index contributed by atoms with van der Waals surface area (Å²) in [6.07, 6.45) is 3.45. The molecule has 0 aliphatic heterocycles. The maximum atomic E-state index is 8.39. The van der Waals surface area contributed by atoms with Gasteiger partial charge in [-0.25, -0.2) is 0 Å². The molecule has 0 aliphatic rings. The second-order valence-electron chi connectivity index (χ2n) is 2.18. The lowest BCUT2D eigenvalue weighted by molar-refractivity contribution is 0.828. The van der Waals surface area contributed by atoms with E-state index in [9.17, 15) is 0 Å². The molecule has 0 bridgehead atoms. The first-order chi connectivity index (χ1) is 4.20. The van der Waals surface area contributed by atoms with E-state index in [2.05, 4.69) is 6.58 Å².